The molecule has 4 rings (SSSR count). The van der Waals surface area contributed by atoms with Gasteiger partial charge in [0, 0.05) is 0 Å². The number of fused-ring (bicyclic) bond motifs is 1. The van der Waals surface area contributed by atoms with Crippen LogP contribution in [0.1, 0.15) is 74.6 Å². The number of carboxylic acids is 1. The van der Waals surface area contributed by atoms with E-state index in [1.807, 2.05) is 12.1 Å². The zero-order chi connectivity index (χ0) is 25.4. The summed E-state index contributed by atoms with van der Waals surface area (Å²) in [4.78, 5) is 12.5. The molecule has 0 spiro atoms. The van der Waals surface area contributed by atoms with Crippen molar-refractivity contribution >= 4 is 11.5 Å². The monoisotopic (exact) mass is 488 g/mol. The highest BCUT2D eigenvalue weighted by molar-refractivity contribution is 5.90. The van der Waals surface area contributed by atoms with Crippen molar-refractivity contribution in [2.75, 3.05) is 13.2 Å². The van der Waals surface area contributed by atoms with Gasteiger partial charge in [0.15, 0.2) is 0 Å². The highest BCUT2D eigenvalue weighted by Gasteiger charge is 2.40. The van der Waals surface area contributed by atoms with Crippen LogP contribution in [-0.2, 0) is 22.1 Å². The lowest BCUT2D eigenvalue weighted by atomic mass is 9.81. The second kappa shape index (κ2) is 9.69. The van der Waals surface area contributed by atoms with Gasteiger partial charge in [-0.1, -0.05) is 18.2 Å². The third-order valence-electron chi connectivity index (χ3n) is 6.46. The normalized spacial score (nSPS) is 16.9. The molecule has 1 aliphatic heterocycles. The molecule has 2 aromatic carbocycles. The van der Waals surface area contributed by atoms with Gasteiger partial charge in [0.05, 0.1) is 24.4 Å². The van der Waals surface area contributed by atoms with Crippen LogP contribution in [0.3, 0.4) is 0 Å². The van der Waals surface area contributed by atoms with Crippen molar-refractivity contribution in [2.45, 2.75) is 70.6 Å². The van der Waals surface area contributed by atoms with Gasteiger partial charge in [0.25, 0.3) is 0 Å². The van der Waals surface area contributed by atoms with Gasteiger partial charge in [0.2, 0.25) is 0 Å². The average Bonchev–Trinajstić information content (AvgIpc) is 3.31. The molecule has 4 nitrogen and oxygen atoms in total. The van der Waals surface area contributed by atoms with Crippen LogP contribution in [0.5, 0.6) is 5.75 Å². The predicted molar refractivity (Wildman–Crippen MR) is 129 cm³/mol. The number of aliphatic carboxylic acids is 1. The fourth-order valence-electron chi connectivity index (χ4n) is 4.85. The smallest absolute Gasteiger partial charge is 0.416 e. The molecular weight excluding hydrogens is 457 g/mol. The Morgan fingerprint density at radius 2 is 1.89 bits per heavy atom. The molecule has 1 heterocycles. The number of alkyl halides is 3. The van der Waals surface area contributed by atoms with E-state index < -0.39 is 29.2 Å². The van der Waals surface area contributed by atoms with Crippen LogP contribution in [-0.4, -0.2) is 29.9 Å². The molecule has 1 N–H and O–H groups in total. The van der Waals surface area contributed by atoms with E-state index in [9.17, 15) is 23.1 Å². The van der Waals surface area contributed by atoms with Crippen molar-refractivity contribution in [3.63, 3.8) is 0 Å². The Labute approximate surface area is 203 Å². The topological polar surface area (TPSA) is 55.8 Å². The Morgan fingerprint density at radius 1 is 1.11 bits per heavy atom. The highest BCUT2D eigenvalue weighted by atomic mass is 19.4. The first kappa shape index (κ1) is 25.3. The van der Waals surface area contributed by atoms with Gasteiger partial charge in [-0.2, -0.15) is 13.2 Å². The zero-order valence-electron chi connectivity index (χ0n) is 20.3. The van der Waals surface area contributed by atoms with Gasteiger partial charge in [-0.05, 0) is 104 Å². The number of carbonyl (C=O) groups is 1. The van der Waals surface area contributed by atoms with E-state index in [0.29, 0.717) is 23.3 Å². The minimum absolute atomic E-state index is 0.240. The maximum absolute atomic E-state index is 14.4. The first-order chi connectivity index (χ1) is 16.5. The van der Waals surface area contributed by atoms with E-state index in [1.165, 1.54) is 6.07 Å². The van der Waals surface area contributed by atoms with E-state index in [-0.39, 0.29) is 12.2 Å². The van der Waals surface area contributed by atoms with Crippen LogP contribution in [0.2, 0.25) is 0 Å². The van der Waals surface area contributed by atoms with Crippen LogP contribution in [0.15, 0.2) is 36.4 Å². The lowest BCUT2D eigenvalue weighted by Gasteiger charge is -2.28. The Hall–Kier alpha value is -2.80. The molecule has 0 radical (unpaired) electrons. The molecule has 0 aromatic heterocycles. The molecule has 1 unspecified atom stereocenters. The summed E-state index contributed by atoms with van der Waals surface area (Å²) in [5.74, 6) is -2.11. The Balaban J connectivity index is 2.01. The molecular formula is C28H31F3O4. The Kier molecular flexibility index (Phi) is 7.00. The van der Waals surface area contributed by atoms with Gasteiger partial charge in [-0.3, -0.25) is 4.79 Å². The van der Waals surface area contributed by atoms with Crippen molar-refractivity contribution in [2.24, 2.45) is 0 Å². The second-order valence-corrected chi connectivity index (χ2v) is 10.2. The first-order valence-corrected chi connectivity index (χ1v) is 12.0. The fraction of sp³-hybridized carbons (Fsp3) is 0.464. The van der Waals surface area contributed by atoms with Gasteiger partial charge >= 0.3 is 12.1 Å². The number of ether oxygens (including phenoxy) is 2. The van der Waals surface area contributed by atoms with Crippen molar-refractivity contribution in [1.82, 2.24) is 0 Å². The summed E-state index contributed by atoms with van der Waals surface area (Å²) < 4.78 is 54.5. The minimum Gasteiger partial charge on any atom is -0.493 e. The molecule has 0 fully saturated rings. The molecule has 35 heavy (non-hydrogen) atoms. The van der Waals surface area contributed by atoms with E-state index in [4.69, 9.17) is 9.47 Å². The molecule has 1 atom stereocenters. The summed E-state index contributed by atoms with van der Waals surface area (Å²) in [5, 5.41) is 10.2. The van der Waals surface area contributed by atoms with Crippen molar-refractivity contribution < 1.29 is 32.5 Å². The fourth-order valence-corrected chi connectivity index (χ4v) is 4.85. The lowest BCUT2D eigenvalue weighted by Crippen LogP contribution is -2.28. The van der Waals surface area contributed by atoms with Gasteiger partial charge < -0.3 is 14.6 Å². The van der Waals surface area contributed by atoms with Crippen molar-refractivity contribution in [3.8, 4) is 16.9 Å². The lowest BCUT2D eigenvalue weighted by molar-refractivity contribution is -0.144. The maximum atomic E-state index is 14.4. The molecule has 1 aliphatic carbocycles. The number of allylic oxidation sites excluding steroid dienone is 2. The third-order valence-corrected chi connectivity index (χ3v) is 6.46. The number of hydrogen-bond donors (Lipinski definition) is 1. The highest BCUT2D eigenvalue weighted by Crippen LogP contribution is 2.46. The molecule has 0 bridgehead atoms. The number of halogens is 3. The van der Waals surface area contributed by atoms with Crippen LogP contribution in [0, 0.1) is 0 Å². The zero-order valence-corrected chi connectivity index (χ0v) is 20.3. The summed E-state index contributed by atoms with van der Waals surface area (Å²) >= 11 is 0. The number of hydrogen-bond acceptors (Lipinski definition) is 3. The van der Waals surface area contributed by atoms with E-state index in [0.717, 1.165) is 55.1 Å². The Morgan fingerprint density at radius 3 is 2.51 bits per heavy atom. The van der Waals surface area contributed by atoms with Crippen LogP contribution >= 0.6 is 0 Å². The van der Waals surface area contributed by atoms with E-state index in [2.05, 4.69) is 0 Å². The second-order valence-electron chi connectivity index (χ2n) is 10.2. The molecule has 2 aromatic rings. The number of aryl methyl sites for hydroxylation is 1. The number of carboxylic acid groups (broad SMARTS) is 1. The van der Waals surface area contributed by atoms with Gasteiger partial charge in [0.1, 0.15) is 11.7 Å². The maximum Gasteiger partial charge on any atom is 0.416 e. The molecule has 188 valence electrons. The summed E-state index contributed by atoms with van der Waals surface area (Å²) in [6.45, 7) is 5.48. The van der Waals surface area contributed by atoms with Crippen LogP contribution in [0.25, 0.3) is 16.7 Å². The van der Waals surface area contributed by atoms with Crippen molar-refractivity contribution in [1.29, 1.82) is 0 Å². The quantitative estimate of drug-likeness (QED) is 0.465. The molecule has 0 amide bonds. The van der Waals surface area contributed by atoms with Gasteiger partial charge in [-0.25, -0.2) is 0 Å². The van der Waals surface area contributed by atoms with E-state index >= 15 is 0 Å². The first-order valence-electron chi connectivity index (χ1n) is 12.0. The summed E-state index contributed by atoms with van der Waals surface area (Å²) in [7, 11) is 0. The van der Waals surface area contributed by atoms with Crippen LogP contribution in [0.4, 0.5) is 13.2 Å². The van der Waals surface area contributed by atoms with Crippen molar-refractivity contribution in [3.05, 3.63) is 58.7 Å². The summed E-state index contributed by atoms with van der Waals surface area (Å²) in [5.41, 5.74) is 1.53. The molecule has 0 saturated heterocycles. The third kappa shape index (κ3) is 5.56. The molecule has 7 heteroatoms. The number of rotatable bonds is 6. The summed E-state index contributed by atoms with van der Waals surface area (Å²) in [6, 6.07) is 7.91. The van der Waals surface area contributed by atoms with Gasteiger partial charge in [-0.15, -0.1) is 0 Å². The SMILES string of the molecule is CC(C)(C)OCC(C(=O)O)c1c(C(F)(F)F)ccc(C2=CCCC2)c1-c1ccc2c(c1)CCCO2. The minimum atomic E-state index is -4.72. The molecule has 0 saturated carbocycles. The predicted octanol–water partition coefficient (Wildman–Crippen LogP) is 7.25. The summed E-state index contributed by atoms with van der Waals surface area (Å²) in [6.07, 6.45) is 1.39. The van der Waals surface area contributed by atoms with Crippen LogP contribution < -0.4 is 4.74 Å². The average molecular weight is 489 g/mol. The Bertz CT molecular complexity index is 1140. The van der Waals surface area contributed by atoms with E-state index in [1.54, 1.807) is 32.9 Å². The number of benzene rings is 2. The largest absolute Gasteiger partial charge is 0.493 e. The molecule has 2 aliphatic rings. The standard InChI is InChI=1S/C28H31F3O4/c1-27(2,3)35-16-21(26(32)33)25-22(28(29,30)31)12-11-20(17-7-4-5-8-17)24(25)19-10-13-23-18(15-19)9-6-14-34-23/h7,10-13,15,21H,4-6,8-9,14,16H2,1-3H3,(H,32,33).